The molecule has 0 aliphatic heterocycles. The first-order valence-electron chi connectivity index (χ1n) is 11.8. The van der Waals surface area contributed by atoms with E-state index in [4.69, 9.17) is 18.9 Å². The van der Waals surface area contributed by atoms with E-state index in [1.165, 1.54) is 27.0 Å². The van der Waals surface area contributed by atoms with E-state index in [2.05, 4.69) is 17.0 Å². The van der Waals surface area contributed by atoms with Gasteiger partial charge < -0.3 is 24.3 Å². The lowest BCUT2D eigenvalue weighted by molar-refractivity contribution is -0.156. The minimum absolute atomic E-state index is 0.0408. The molecule has 39 heavy (non-hydrogen) atoms. The highest BCUT2D eigenvalue weighted by Crippen LogP contribution is 2.29. The zero-order chi connectivity index (χ0) is 29.1. The molecular weight excluding hydrogens is 514 g/mol. The van der Waals surface area contributed by atoms with Crippen LogP contribution in [0.3, 0.4) is 0 Å². The average Bonchev–Trinajstić information content (AvgIpc) is 2.90. The first kappa shape index (κ1) is 30.7. The summed E-state index contributed by atoms with van der Waals surface area (Å²) in [6.45, 7) is 8.92. The molecule has 1 amide bonds. The van der Waals surface area contributed by atoms with Gasteiger partial charge in [-0.05, 0) is 51.3 Å². The number of nitrogens with one attached hydrogen (secondary N) is 1. The van der Waals surface area contributed by atoms with E-state index in [0.29, 0.717) is 5.56 Å². The van der Waals surface area contributed by atoms with Crippen LogP contribution in [0, 0.1) is 11.6 Å². The predicted molar refractivity (Wildman–Crippen MR) is 138 cm³/mol. The van der Waals surface area contributed by atoms with Crippen LogP contribution in [-0.4, -0.2) is 43.8 Å². The first-order valence-corrected chi connectivity index (χ1v) is 11.8. The highest BCUT2D eigenvalue weighted by atomic mass is 19.1. The second kappa shape index (κ2) is 14.4. The fourth-order valence-electron chi connectivity index (χ4n) is 3.40. The Morgan fingerprint density at radius 1 is 1.08 bits per heavy atom. The lowest BCUT2D eigenvalue weighted by atomic mass is 10.0. The third-order valence-corrected chi connectivity index (χ3v) is 5.24. The quantitative estimate of drug-likeness (QED) is 0.137. The van der Waals surface area contributed by atoms with E-state index in [9.17, 15) is 23.2 Å². The smallest absolute Gasteiger partial charge is 0.328 e. The third kappa shape index (κ3) is 8.49. The Kier molecular flexibility index (Phi) is 11.3. The van der Waals surface area contributed by atoms with Crippen LogP contribution in [0.5, 0.6) is 5.75 Å². The largest absolute Gasteiger partial charge is 0.493 e. The first-order chi connectivity index (χ1) is 18.5. The number of amides is 1. The van der Waals surface area contributed by atoms with Crippen molar-refractivity contribution >= 4 is 24.6 Å². The molecule has 1 N–H and O–H groups in total. The number of carbonyl (C=O) groups excluding carboxylic acids is 3. The molecule has 0 saturated heterocycles. The zero-order valence-corrected chi connectivity index (χ0v) is 22.2. The number of hydrogen-bond acceptors (Lipinski definition) is 8. The van der Waals surface area contributed by atoms with Crippen LogP contribution in [0.1, 0.15) is 39.4 Å². The molecule has 0 spiro atoms. The van der Waals surface area contributed by atoms with Gasteiger partial charge in [-0.2, -0.15) is 0 Å². The Bertz CT molecular complexity index is 1260. The number of halogens is 2. The van der Waals surface area contributed by atoms with Gasteiger partial charge in [0.15, 0.2) is 29.1 Å². The number of allylic oxidation sites excluding steroid dienone is 1. The molecule has 0 radical (unpaired) electrons. The monoisotopic (exact) mass is 544 g/mol. The van der Waals surface area contributed by atoms with Crippen LogP contribution < -0.4 is 10.1 Å². The van der Waals surface area contributed by atoms with Crippen molar-refractivity contribution in [3.8, 4) is 5.75 Å². The van der Waals surface area contributed by atoms with Crippen molar-refractivity contribution in [2.45, 2.75) is 45.9 Å². The molecule has 0 fully saturated rings. The highest BCUT2D eigenvalue weighted by molar-refractivity contribution is 5.97. The number of benzene rings is 2. The molecule has 0 saturated carbocycles. The second-order valence-electron chi connectivity index (χ2n) is 8.15. The number of hydrogen-bond donors (Lipinski definition) is 1. The van der Waals surface area contributed by atoms with Gasteiger partial charge >= 0.3 is 11.9 Å². The maximum atomic E-state index is 14.3. The maximum absolute atomic E-state index is 14.3. The number of aliphatic imine (C=N–C) groups is 1. The lowest BCUT2D eigenvalue weighted by Crippen LogP contribution is -2.42. The summed E-state index contributed by atoms with van der Waals surface area (Å²) >= 11 is 0. The second-order valence-corrected chi connectivity index (χ2v) is 8.15. The summed E-state index contributed by atoms with van der Waals surface area (Å²) in [5, 5.41) is 2.41. The van der Waals surface area contributed by atoms with Crippen LogP contribution in [0.15, 0.2) is 76.8 Å². The van der Waals surface area contributed by atoms with Crippen LogP contribution in [0.25, 0.3) is 0 Å². The predicted octanol–water partition coefficient (Wildman–Crippen LogP) is 4.55. The van der Waals surface area contributed by atoms with E-state index >= 15 is 0 Å². The fourth-order valence-corrected chi connectivity index (χ4v) is 3.40. The van der Waals surface area contributed by atoms with E-state index in [1.807, 2.05) is 0 Å². The third-order valence-electron chi connectivity index (χ3n) is 5.24. The topological polar surface area (TPSA) is 113 Å². The molecule has 0 aliphatic rings. The van der Waals surface area contributed by atoms with Gasteiger partial charge in [0.05, 0.1) is 7.11 Å². The number of nitrogens with zero attached hydrogens (tertiary/aromatic N) is 1. The Morgan fingerprint density at radius 2 is 1.74 bits per heavy atom. The summed E-state index contributed by atoms with van der Waals surface area (Å²) in [5.41, 5.74) is 0.128. The summed E-state index contributed by atoms with van der Waals surface area (Å²) in [5.74, 6) is -4.62. The van der Waals surface area contributed by atoms with Crippen molar-refractivity contribution < 1.29 is 42.1 Å². The Hall–Kier alpha value is -4.54. The van der Waals surface area contributed by atoms with Gasteiger partial charge in [-0.3, -0.25) is 14.6 Å². The molecule has 2 rings (SSSR count). The van der Waals surface area contributed by atoms with Gasteiger partial charge in [-0.25, -0.2) is 13.6 Å². The van der Waals surface area contributed by atoms with Gasteiger partial charge in [-0.15, -0.1) is 0 Å². The molecule has 0 bridgehead atoms. The highest BCUT2D eigenvalue weighted by Gasteiger charge is 2.30. The standard InChI is InChI=1S/C28H30F2N2O7/c1-7-22(36-6)26(38-18(4)33)24(31-5)27(34)32-16(2)28(35)37-17(3)25(19-11-9-8-10-12-19)39-23-15-20(29)13-14-21(23)30/h7-17,25H,5H2,1-4,6H3,(H,32,34)/b22-7+,26-24+/t16-,17-,25-/m0/s1. The Balaban J connectivity index is 2.26. The molecule has 2 aromatic carbocycles. The minimum atomic E-state index is -1.21. The SMILES string of the molecule is C=N/C(C(=O)N[C@@H](C)C(=O)O[C@@H](C)[C@H](Oc1cc(F)ccc1F)c1ccccc1)=C(OC(C)=O)\C(=C/C)OC. The van der Waals surface area contributed by atoms with Gasteiger partial charge in [-0.1, -0.05) is 30.3 Å². The lowest BCUT2D eigenvalue weighted by Gasteiger charge is -2.27. The van der Waals surface area contributed by atoms with E-state index in [1.54, 1.807) is 37.3 Å². The zero-order valence-electron chi connectivity index (χ0n) is 22.2. The maximum Gasteiger partial charge on any atom is 0.328 e. The molecule has 9 nitrogen and oxygen atoms in total. The van der Waals surface area contributed by atoms with Crippen LogP contribution in [0.2, 0.25) is 0 Å². The number of carbonyl (C=O) groups is 3. The summed E-state index contributed by atoms with van der Waals surface area (Å²) in [7, 11) is 1.31. The van der Waals surface area contributed by atoms with Crippen molar-refractivity contribution in [1.82, 2.24) is 5.32 Å². The van der Waals surface area contributed by atoms with Crippen molar-refractivity contribution in [3.05, 3.63) is 89.0 Å². The van der Waals surface area contributed by atoms with Crippen LogP contribution in [-0.2, 0) is 28.6 Å². The summed E-state index contributed by atoms with van der Waals surface area (Å²) < 4.78 is 49.5. The van der Waals surface area contributed by atoms with Crippen LogP contribution in [0.4, 0.5) is 8.78 Å². The number of methoxy groups -OCH3 is 1. The summed E-state index contributed by atoms with van der Waals surface area (Å²) in [6, 6.07) is 10.1. The van der Waals surface area contributed by atoms with E-state index in [0.717, 1.165) is 25.1 Å². The number of rotatable bonds is 12. The molecule has 0 heterocycles. The Morgan fingerprint density at radius 3 is 2.31 bits per heavy atom. The number of ether oxygens (including phenoxy) is 4. The molecule has 0 aliphatic carbocycles. The molecule has 0 aromatic heterocycles. The molecule has 3 atom stereocenters. The molecular formula is C28H30F2N2O7. The normalized spacial score (nSPS) is 14.2. The molecule has 11 heteroatoms. The van der Waals surface area contributed by atoms with E-state index < -0.39 is 53.4 Å². The van der Waals surface area contributed by atoms with E-state index in [-0.39, 0.29) is 17.3 Å². The molecule has 2 aromatic rings. The van der Waals surface area contributed by atoms with Crippen molar-refractivity contribution in [1.29, 1.82) is 0 Å². The molecule has 0 unspecified atom stereocenters. The van der Waals surface area contributed by atoms with Crippen molar-refractivity contribution in [3.63, 3.8) is 0 Å². The summed E-state index contributed by atoms with van der Waals surface area (Å²) in [6.07, 6.45) is -0.579. The van der Waals surface area contributed by atoms with Gasteiger partial charge in [0, 0.05) is 13.0 Å². The van der Waals surface area contributed by atoms with Crippen molar-refractivity contribution in [2.24, 2.45) is 4.99 Å². The molecule has 208 valence electrons. The Labute approximate surface area is 225 Å². The fraction of sp³-hybridized carbons (Fsp3) is 0.286. The van der Waals surface area contributed by atoms with Gasteiger partial charge in [0.25, 0.3) is 5.91 Å². The van der Waals surface area contributed by atoms with Crippen LogP contribution >= 0.6 is 0 Å². The van der Waals surface area contributed by atoms with Crippen molar-refractivity contribution in [2.75, 3.05) is 7.11 Å². The summed E-state index contributed by atoms with van der Waals surface area (Å²) in [4.78, 5) is 41.0. The average molecular weight is 545 g/mol. The van der Waals surface area contributed by atoms with Gasteiger partial charge in [0.1, 0.15) is 18.0 Å². The minimum Gasteiger partial charge on any atom is -0.493 e. The number of esters is 2. The van der Waals surface area contributed by atoms with Gasteiger partial charge in [0.2, 0.25) is 5.76 Å².